The molecule has 0 saturated heterocycles. The Kier molecular flexibility index (Phi) is 6.13. The van der Waals surface area contributed by atoms with Crippen LogP contribution in [0, 0.1) is 6.92 Å². The summed E-state index contributed by atoms with van der Waals surface area (Å²) in [5.41, 5.74) is 2.80. The first-order valence-corrected chi connectivity index (χ1v) is 8.23. The van der Waals surface area contributed by atoms with Crippen LogP contribution in [0.1, 0.15) is 25.8 Å². The average Bonchev–Trinajstić information content (AvgIpc) is 2.56. The van der Waals surface area contributed by atoms with Crippen LogP contribution in [0.4, 0.5) is 11.4 Å². The lowest BCUT2D eigenvalue weighted by molar-refractivity contribution is -0.118. The van der Waals surface area contributed by atoms with Gasteiger partial charge < -0.3 is 9.80 Å². The molecule has 0 aromatic heterocycles. The molecule has 2 rings (SSSR count). The van der Waals surface area contributed by atoms with Crippen LogP contribution in [-0.2, 0) is 9.59 Å². The van der Waals surface area contributed by atoms with Gasteiger partial charge in [0.15, 0.2) is 0 Å². The molecule has 0 bridgehead atoms. The first-order chi connectivity index (χ1) is 11.5. The van der Waals surface area contributed by atoms with Gasteiger partial charge in [0, 0.05) is 37.8 Å². The smallest absolute Gasteiger partial charge is 0.228 e. The molecule has 2 aromatic rings. The molecule has 0 radical (unpaired) electrons. The maximum absolute atomic E-state index is 12.6. The van der Waals surface area contributed by atoms with Crippen molar-refractivity contribution in [1.82, 2.24) is 0 Å². The SMILES string of the molecule is CCN(C(=O)CCN(C(C)=O)c1cccc(C)c1)c1ccccc1. The minimum atomic E-state index is -0.0591. The molecule has 0 aliphatic heterocycles. The first-order valence-electron chi connectivity index (χ1n) is 8.23. The summed E-state index contributed by atoms with van der Waals surface area (Å²) in [6.07, 6.45) is 0.288. The maximum atomic E-state index is 12.6. The molecule has 0 saturated carbocycles. The largest absolute Gasteiger partial charge is 0.313 e. The second kappa shape index (κ2) is 8.29. The average molecular weight is 324 g/mol. The van der Waals surface area contributed by atoms with Crippen molar-refractivity contribution >= 4 is 23.2 Å². The Bertz CT molecular complexity index is 698. The van der Waals surface area contributed by atoms with E-state index < -0.39 is 0 Å². The normalized spacial score (nSPS) is 10.3. The molecule has 4 nitrogen and oxygen atoms in total. The number of benzene rings is 2. The zero-order valence-corrected chi connectivity index (χ0v) is 14.5. The molecule has 0 heterocycles. The van der Waals surface area contributed by atoms with Crippen LogP contribution in [0.2, 0.25) is 0 Å². The van der Waals surface area contributed by atoms with Gasteiger partial charge in [0.25, 0.3) is 0 Å². The molecule has 0 unspecified atom stereocenters. The summed E-state index contributed by atoms with van der Waals surface area (Å²) in [4.78, 5) is 28.0. The van der Waals surface area contributed by atoms with E-state index in [2.05, 4.69) is 0 Å². The Balaban J connectivity index is 2.08. The lowest BCUT2D eigenvalue weighted by Crippen LogP contribution is -2.36. The van der Waals surface area contributed by atoms with E-state index in [-0.39, 0.29) is 18.2 Å². The predicted molar refractivity (Wildman–Crippen MR) is 98.3 cm³/mol. The first kappa shape index (κ1) is 17.7. The lowest BCUT2D eigenvalue weighted by atomic mass is 10.2. The predicted octanol–water partition coefficient (Wildman–Crippen LogP) is 3.79. The van der Waals surface area contributed by atoms with Gasteiger partial charge in [-0.25, -0.2) is 0 Å². The molecule has 0 aliphatic carbocycles. The van der Waals surface area contributed by atoms with Crippen LogP contribution >= 0.6 is 0 Å². The molecule has 126 valence electrons. The van der Waals surface area contributed by atoms with E-state index in [4.69, 9.17) is 0 Å². The Labute approximate surface area is 143 Å². The zero-order valence-electron chi connectivity index (χ0n) is 14.5. The maximum Gasteiger partial charge on any atom is 0.228 e. The van der Waals surface area contributed by atoms with Gasteiger partial charge >= 0.3 is 0 Å². The number of carbonyl (C=O) groups is 2. The third-order valence-electron chi connectivity index (χ3n) is 3.93. The Morgan fingerprint density at radius 3 is 2.17 bits per heavy atom. The number of rotatable bonds is 6. The highest BCUT2D eigenvalue weighted by Crippen LogP contribution is 2.18. The fourth-order valence-electron chi connectivity index (χ4n) is 2.72. The summed E-state index contributed by atoms with van der Waals surface area (Å²) in [7, 11) is 0. The minimum absolute atomic E-state index is 0.0163. The molecule has 0 atom stereocenters. The van der Waals surface area contributed by atoms with Gasteiger partial charge in [-0.05, 0) is 43.7 Å². The van der Waals surface area contributed by atoms with Crippen molar-refractivity contribution in [3.8, 4) is 0 Å². The number of anilines is 2. The molecule has 2 amide bonds. The molecular formula is C20H24N2O2. The van der Waals surface area contributed by atoms with Gasteiger partial charge in [0.1, 0.15) is 0 Å². The lowest BCUT2D eigenvalue weighted by Gasteiger charge is -2.25. The highest BCUT2D eigenvalue weighted by molar-refractivity contribution is 5.96. The summed E-state index contributed by atoms with van der Waals surface area (Å²) >= 11 is 0. The zero-order chi connectivity index (χ0) is 17.5. The number of carbonyl (C=O) groups excluding carboxylic acids is 2. The number of hydrogen-bond donors (Lipinski definition) is 0. The van der Waals surface area contributed by atoms with Crippen LogP contribution in [0.25, 0.3) is 0 Å². The van der Waals surface area contributed by atoms with E-state index in [0.29, 0.717) is 13.1 Å². The van der Waals surface area contributed by atoms with Crippen LogP contribution in [0.5, 0.6) is 0 Å². The number of nitrogens with zero attached hydrogens (tertiary/aromatic N) is 2. The Hall–Kier alpha value is -2.62. The van der Waals surface area contributed by atoms with Crippen molar-refractivity contribution in [1.29, 1.82) is 0 Å². The third-order valence-corrected chi connectivity index (χ3v) is 3.93. The quantitative estimate of drug-likeness (QED) is 0.811. The van der Waals surface area contributed by atoms with Crippen LogP contribution in [0.15, 0.2) is 54.6 Å². The Morgan fingerprint density at radius 1 is 0.917 bits per heavy atom. The van der Waals surface area contributed by atoms with Crippen molar-refractivity contribution in [2.24, 2.45) is 0 Å². The van der Waals surface area contributed by atoms with E-state index in [1.54, 1.807) is 9.80 Å². The molecule has 4 heteroatoms. The van der Waals surface area contributed by atoms with Crippen LogP contribution < -0.4 is 9.80 Å². The molecule has 24 heavy (non-hydrogen) atoms. The van der Waals surface area contributed by atoms with Gasteiger partial charge in [-0.3, -0.25) is 9.59 Å². The van der Waals surface area contributed by atoms with Gasteiger partial charge in [-0.2, -0.15) is 0 Å². The number of hydrogen-bond acceptors (Lipinski definition) is 2. The van der Waals surface area contributed by atoms with Crippen LogP contribution in [0.3, 0.4) is 0 Å². The summed E-state index contributed by atoms with van der Waals surface area (Å²) in [5, 5.41) is 0. The molecular weight excluding hydrogens is 300 g/mol. The van der Waals surface area contributed by atoms with Crippen molar-refractivity contribution in [3.05, 3.63) is 60.2 Å². The third kappa shape index (κ3) is 4.44. The summed E-state index contributed by atoms with van der Waals surface area (Å²) in [5.74, 6) is -0.0428. The fourth-order valence-corrected chi connectivity index (χ4v) is 2.72. The molecule has 0 aliphatic rings. The van der Waals surface area contributed by atoms with E-state index in [1.807, 2.05) is 68.4 Å². The summed E-state index contributed by atoms with van der Waals surface area (Å²) in [6, 6.07) is 17.4. The van der Waals surface area contributed by atoms with Gasteiger partial charge in [-0.1, -0.05) is 30.3 Å². The summed E-state index contributed by atoms with van der Waals surface area (Å²) in [6.45, 7) is 6.45. The van der Waals surface area contributed by atoms with E-state index >= 15 is 0 Å². The number of amides is 2. The second-order valence-corrected chi connectivity index (χ2v) is 5.73. The standard InChI is InChI=1S/C20H24N2O2/c1-4-21(18-10-6-5-7-11-18)20(24)13-14-22(17(3)23)19-12-8-9-16(2)15-19/h5-12,15H,4,13-14H2,1-3H3. The molecule has 0 fully saturated rings. The van der Waals surface area contributed by atoms with E-state index in [1.165, 1.54) is 6.92 Å². The van der Waals surface area contributed by atoms with E-state index in [9.17, 15) is 9.59 Å². The topological polar surface area (TPSA) is 40.6 Å². The molecule has 0 spiro atoms. The minimum Gasteiger partial charge on any atom is -0.313 e. The monoisotopic (exact) mass is 324 g/mol. The van der Waals surface area contributed by atoms with Gasteiger partial charge in [0.05, 0.1) is 0 Å². The van der Waals surface area contributed by atoms with Gasteiger partial charge in [0.2, 0.25) is 11.8 Å². The van der Waals surface area contributed by atoms with Crippen molar-refractivity contribution in [2.45, 2.75) is 27.2 Å². The fraction of sp³-hybridized carbons (Fsp3) is 0.300. The Morgan fingerprint density at radius 2 is 1.58 bits per heavy atom. The number of aryl methyl sites for hydroxylation is 1. The van der Waals surface area contributed by atoms with Crippen molar-refractivity contribution < 1.29 is 9.59 Å². The van der Waals surface area contributed by atoms with E-state index in [0.717, 1.165) is 16.9 Å². The second-order valence-electron chi connectivity index (χ2n) is 5.73. The van der Waals surface area contributed by atoms with Crippen molar-refractivity contribution in [3.63, 3.8) is 0 Å². The van der Waals surface area contributed by atoms with Crippen LogP contribution in [-0.4, -0.2) is 24.9 Å². The number of para-hydroxylation sites is 1. The molecule has 0 N–H and O–H groups in total. The highest BCUT2D eigenvalue weighted by Gasteiger charge is 2.17. The van der Waals surface area contributed by atoms with Gasteiger partial charge in [-0.15, -0.1) is 0 Å². The van der Waals surface area contributed by atoms with Crippen molar-refractivity contribution in [2.75, 3.05) is 22.9 Å². The summed E-state index contributed by atoms with van der Waals surface area (Å²) < 4.78 is 0. The molecule has 2 aromatic carbocycles. The highest BCUT2D eigenvalue weighted by atomic mass is 16.2.